The average molecular weight is 650 g/mol. The third-order valence-corrected chi connectivity index (χ3v) is 7.28. The molecule has 9 N–H and O–H groups in total. The van der Waals surface area contributed by atoms with Crippen LogP contribution < -0.4 is 22.1 Å². The van der Waals surface area contributed by atoms with Gasteiger partial charge in [0.1, 0.15) is 0 Å². The molecule has 1 fully saturated rings. The van der Waals surface area contributed by atoms with Crippen LogP contribution in [0.5, 0.6) is 0 Å². The van der Waals surface area contributed by atoms with Crippen molar-refractivity contribution in [1.29, 1.82) is 0 Å². The maximum atomic E-state index is 12.9. The van der Waals surface area contributed by atoms with Crippen LogP contribution >= 0.6 is 0 Å². The summed E-state index contributed by atoms with van der Waals surface area (Å²) in [5.41, 5.74) is 12.0. The van der Waals surface area contributed by atoms with Crippen LogP contribution in [0.2, 0.25) is 0 Å². The average Bonchev–Trinajstić information content (AvgIpc) is 2.96. The number of hydrogen-bond donors (Lipinski definition) is 7. The third kappa shape index (κ3) is 16.1. The Balaban J connectivity index is 1.94. The van der Waals surface area contributed by atoms with Gasteiger partial charge in [-0.15, -0.1) is 0 Å². The summed E-state index contributed by atoms with van der Waals surface area (Å²) < 4.78 is 0. The number of nitrogens with one attached hydrogen (secondary N) is 2. The summed E-state index contributed by atoms with van der Waals surface area (Å²) >= 11 is 0. The van der Waals surface area contributed by atoms with Crippen molar-refractivity contribution in [3.05, 3.63) is 35.4 Å². The molecule has 17 nitrogen and oxygen atoms in total. The van der Waals surface area contributed by atoms with E-state index >= 15 is 0 Å². The highest BCUT2D eigenvalue weighted by Crippen LogP contribution is 2.08. The molecule has 1 aliphatic heterocycles. The monoisotopic (exact) mass is 649 g/mol. The summed E-state index contributed by atoms with van der Waals surface area (Å²) in [7, 11) is 0. The summed E-state index contributed by atoms with van der Waals surface area (Å²) in [6, 6.07) is 6.69. The van der Waals surface area contributed by atoms with Crippen LogP contribution in [0.1, 0.15) is 29.3 Å². The molecule has 0 radical (unpaired) electrons. The number of aliphatic carboxylic acids is 3. The minimum Gasteiger partial charge on any atom is -0.480 e. The van der Waals surface area contributed by atoms with E-state index in [0.717, 1.165) is 5.56 Å². The van der Waals surface area contributed by atoms with Crippen molar-refractivity contribution in [3.63, 3.8) is 0 Å². The Morgan fingerprint density at radius 2 is 1.24 bits per heavy atom. The SMILES string of the molecule is CC(CCNC(=O)CN1CCN(CC(=O)O)CCN(CC(=O)O)CCN(CC(=O)O)CC1)NC(=O)c1cccc(CN=C(N)N)c1. The molecular weight excluding hydrogens is 602 g/mol. The van der Waals surface area contributed by atoms with Crippen LogP contribution in [0.15, 0.2) is 29.3 Å². The fourth-order valence-electron chi connectivity index (χ4n) is 4.84. The Bertz CT molecular complexity index is 1180. The minimum absolute atomic E-state index is 0.0102. The first kappa shape index (κ1) is 37.9. The zero-order valence-electron chi connectivity index (χ0n) is 26.3. The zero-order chi connectivity index (χ0) is 34.1. The van der Waals surface area contributed by atoms with Gasteiger partial charge in [0.25, 0.3) is 5.91 Å². The van der Waals surface area contributed by atoms with E-state index in [2.05, 4.69) is 15.6 Å². The highest BCUT2D eigenvalue weighted by Gasteiger charge is 2.21. The van der Waals surface area contributed by atoms with Crippen LogP contribution in [0.25, 0.3) is 0 Å². The van der Waals surface area contributed by atoms with Gasteiger partial charge in [-0.1, -0.05) is 12.1 Å². The van der Waals surface area contributed by atoms with Crippen molar-refractivity contribution < 1.29 is 39.3 Å². The lowest BCUT2D eigenvalue weighted by Crippen LogP contribution is -2.50. The van der Waals surface area contributed by atoms with Gasteiger partial charge in [-0.3, -0.25) is 43.6 Å². The van der Waals surface area contributed by atoms with Gasteiger partial charge in [0, 0.05) is 70.5 Å². The van der Waals surface area contributed by atoms with Crippen LogP contribution in [-0.2, 0) is 25.7 Å². The molecule has 0 spiro atoms. The standard InChI is InChI=1S/C29H47N9O8/c1-21(34-28(46)23-4-2-3-22(15-23)16-33-29(30)31)5-6-32-24(39)17-35-7-9-36(18-25(40)41)11-13-38(20-27(44)45)14-12-37(10-8-35)19-26(42)43/h2-4,15,21H,5-14,16-20H2,1H3,(H,32,39)(H,34,46)(H,40,41)(H,42,43)(H,44,45)(H4,30,31,33). The van der Waals surface area contributed by atoms with Gasteiger partial charge in [0.2, 0.25) is 5.91 Å². The van der Waals surface area contributed by atoms with Gasteiger partial charge >= 0.3 is 17.9 Å². The van der Waals surface area contributed by atoms with Crippen molar-refractivity contribution in [2.45, 2.75) is 25.9 Å². The summed E-state index contributed by atoms with van der Waals surface area (Å²) in [6.45, 7) is 4.15. The van der Waals surface area contributed by atoms with Gasteiger partial charge in [-0.2, -0.15) is 0 Å². The Hall–Kier alpha value is -4.32. The highest BCUT2D eigenvalue weighted by atomic mass is 16.4. The molecule has 46 heavy (non-hydrogen) atoms. The number of guanidine groups is 1. The second kappa shape index (κ2) is 19.9. The van der Waals surface area contributed by atoms with E-state index in [-0.39, 0.29) is 56.5 Å². The summed E-state index contributed by atoms with van der Waals surface area (Å²) in [5.74, 6) is -3.64. The largest absolute Gasteiger partial charge is 0.480 e. The van der Waals surface area contributed by atoms with Crippen molar-refractivity contribution >= 4 is 35.7 Å². The molecule has 0 aromatic heterocycles. The number of amides is 2. The molecule has 1 unspecified atom stereocenters. The number of carboxylic acids is 3. The molecule has 1 aliphatic rings. The smallest absolute Gasteiger partial charge is 0.317 e. The van der Waals surface area contributed by atoms with E-state index in [0.29, 0.717) is 70.9 Å². The predicted molar refractivity (Wildman–Crippen MR) is 169 cm³/mol. The van der Waals surface area contributed by atoms with E-state index in [9.17, 15) is 39.3 Å². The van der Waals surface area contributed by atoms with Crippen molar-refractivity contribution in [3.8, 4) is 0 Å². The van der Waals surface area contributed by atoms with Gasteiger partial charge in [0.15, 0.2) is 5.96 Å². The molecule has 1 atom stereocenters. The number of benzene rings is 1. The molecule has 0 saturated carbocycles. The zero-order valence-corrected chi connectivity index (χ0v) is 26.3. The number of nitrogens with zero attached hydrogens (tertiary/aromatic N) is 5. The quantitative estimate of drug-likeness (QED) is 0.0771. The molecule has 2 amide bonds. The van der Waals surface area contributed by atoms with E-state index in [1.165, 1.54) is 0 Å². The van der Waals surface area contributed by atoms with E-state index < -0.39 is 17.9 Å². The molecule has 0 aliphatic carbocycles. The first-order chi connectivity index (χ1) is 21.8. The maximum Gasteiger partial charge on any atom is 0.317 e. The number of carbonyl (C=O) groups excluding carboxylic acids is 2. The molecule has 0 bridgehead atoms. The molecule has 1 saturated heterocycles. The number of rotatable bonds is 15. The van der Waals surface area contributed by atoms with Crippen molar-refractivity contribution in [1.82, 2.24) is 30.2 Å². The Labute approximate surface area is 268 Å². The van der Waals surface area contributed by atoms with Crippen molar-refractivity contribution in [2.75, 3.05) is 85.1 Å². The van der Waals surface area contributed by atoms with Crippen LogP contribution in [0, 0.1) is 0 Å². The first-order valence-corrected chi connectivity index (χ1v) is 15.1. The van der Waals surface area contributed by atoms with E-state index in [4.69, 9.17) is 11.5 Å². The first-order valence-electron chi connectivity index (χ1n) is 15.1. The maximum absolute atomic E-state index is 12.9. The number of carbonyl (C=O) groups is 5. The van der Waals surface area contributed by atoms with Gasteiger partial charge < -0.3 is 37.4 Å². The van der Waals surface area contributed by atoms with Crippen molar-refractivity contribution in [2.24, 2.45) is 16.5 Å². The van der Waals surface area contributed by atoms with Crippen LogP contribution in [0.4, 0.5) is 0 Å². The lowest BCUT2D eigenvalue weighted by atomic mass is 10.1. The summed E-state index contributed by atoms with van der Waals surface area (Å²) in [6.07, 6.45) is 0.469. The fraction of sp³-hybridized carbons (Fsp3) is 0.586. The lowest BCUT2D eigenvalue weighted by molar-refractivity contribution is -0.140. The topological polar surface area (TPSA) is 247 Å². The minimum atomic E-state index is -1.03. The van der Waals surface area contributed by atoms with Gasteiger partial charge in [-0.25, -0.2) is 4.99 Å². The Morgan fingerprint density at radius 3 is 1.67 bits per heavy atom. The molecule has 17 heteroatoms. The van der Waals surface area contributed by atoms with Gasteiger partial charge in [-0.05, 0) is 31.0 Å². The lowest BCUT2D eigenvalue weighted by Gasteiger charge is -2.32. The van der Waals surface area contributed by atoms with Crippen LogP contribution in [-0.4, -0.2) is 162 Å². The number of nitrogens with two attached hydrogens (primary N) is 2. The van der Waals surface area contributed by atoms with E-state index in [1.54, 1.807) is 32.9 Å². The molecule has 2 rings (SSSR count). The Morgan fingerprint density at radius 1 is 0.783 bits per heavy atom. The molecule has 1 aromatic carbocycles. The second-order valence-electron chi connectivity index (χ2n) is 11.2. The van der Waals surface area contributed by atoms with E-state index in [1.807, 2.05) is 17.9 Å². The summed E-state index contributed by atoms with van der Waals surface area (Å²) in [5, 5.41) is 33.8. The molecule has 256 valence electrons. The predicted octanol–water partition coefficient (Wildman–Crippen LogP) is -2.44. The Kier molecular flexibility index (Phi) is 16.4. The molecular formula is C29H47N9O8. The normalized spacial score (nSPS) is 16.7. The number of aliphatic imine (C=N–C) groups is 1. The second-order valence-corrected chi connectivity index (χ2v) is 11.2. The number of carboxylic acid groups (broad SMARTS) is 3. The third-order valence-electron chi connectivity index (χ3n) is 7.28. The number of hydrogen-bond acceptors (Lipinski definition) is 10. The van der Waals surface area contributed by atoms with Gasteiger partial charge in [0.05, 0.1) is 32.7 Å². The fourth-order valence-corrected chi connectivity index (χ4v) is 4.84. The van der Waals surface area contributed by atoms with Crippen LogP contribution in [0.3, 0.4) is 0 Å². The highest BCUT2D eigenvalue weighted by molar-refractivity contribution is 5.94. The summed E-state index contributed by atoms with van der Waals surface area (Å²) in [4.78, 5) is 70.7. The molecule has 1 aromatic rings. The molecule has 1 heterocycles.